The third-order valence-corrected chi connectivity index (χ3v) is 5.27. The van der Waals surface area contributed by atoms with E-state index in [0.717, 1.165) is 10.5 Å². The number of pyridine rings is 1. The van der Waals surface area contributed by atoms with Crippen LogP contribution in [0.4, 0.5) is 14.5 Å². The van der Waals surface area contributed by atoms with Crippen molar-refractivity contribution in [3.8, 4) is 17.0 Å². The van der Waals surface area contributed by atoms with Crippen molar-refractivity contribution in [2.24, 2.45) is 0 Å². The SMILES string of the molecule is CCC(=O)N(C)c1ccc(-c2ccc(C(=O)CCc3ccc(OC)nc3)cc2)c(F)c1F. The standard InChI is InChI=1S/C25H24F2N2O3/c1-4-23(31)29(2)20-12-11-19(24(26)25(20)27)17-7-9-18(10-8-17)21(30)13-5-16-6-14-22(32-3)28-15-16/h6-12,14-15H,4-5,13H2,1-3H3. The van der Waals surface area contributed by atoms with Crippen LogP contribution in [0.2, 0.25) is 0 Å². The quantitative estimate of drug-likeness (QED) is 0.452. The van der Waals surface area contributed by atoms with Crippen LogP contribution in [0.15, 0.2) is 54.7 Å². The lowest BCUT2D eigenvalue weighted by Crippen LogP contribution is -2.26. The number of nitrogens with zero attached hydrogens (tertiary/aromatic N) is 2. The predicted molar refractivity (Wildman–Crippen MR) is 119 cm³/mol. The third kappa shape index (κ3) is 4.99. The van der Waals surface area contributed by atoms with Crippen molar-refractivity contribution in [3.05, 3.63) is 77.5 Å². The lowest BCUT2D eigenvalue weighted by molar-refractivity contribution is -0.118. The average molecular weight is 438 g/mol. The summed E-state index contributed by atoms with van der Waals surface area (Å²) >= 11 is 0. The molecule has 1 heterocycles. The van der Waals surface area contributed by atoms with Crippen molar-refractivity contribution < 1.29 is 23.1 Å². The monoisotopic (exact) mass is 438 g/mol. The van der Waals surface area contributed by atoms with E-state index < -0.39 is 11.6 Å². The van der Waals surface area contributed by atoms with Gasteiger partial charge in [-0.1, -0.05) is 37.3 Å². The van der Waals surface area contributed by atoms with Crippen molar-refractivity contribution in [2.45, 2.75) is 26.2 Å². The van der Waals surface area contributed by atoms with E-state index in [-0.39, 0.29) is 29.4 Å². The Labute approximate surface area is 185 Å². The maximum Gasteiger partial charge on any atom is 0.226 e. The summed E-state index contributed by atoms with van der Waals surface area (Å²) in [6.07, 6.45) is 2.68. The van der Waals surface area contributed by atoms with E-state index in [0.29, 0.717) is 29.8 Å². The first-order chi connectivity index (χ1) is 15.3. The molecule has 0 saturated carbocycles. The Morgan fingerprint density at radius 1 is 1.00 bits per heavy atom. The van der Waals surface area contributed by atoms with E-state index in [1.54, 1.807) is 43.5 Å². The van der Waals surface area contributed by atoms with Gasteiger partial charge in [-0.3, -0.25) is 9.59 Å². The van der Waals surface area contributed by atoms with Gasteiger partial charge in [0.1, 0.15) is 0 Å². The fourth-order valence-corrected chi connectivity index (χ4v) is 3.31. The largest absolute Gasteiger partial charge is 0.481 e. The van der Waals surface area contributed by atoms with Crippen LogP contribution in [0, 0.1) is 11.6 Å². The zero-order chi connectivity index (χ0) is 23.3. The Morgan fingerprint density at radius 2 is 1.72 bits per heavy atom. The van der Waals surface area contributed by atoms with Crippen molar-refractivity contribution >= 4 is 17.4 Å². The van der Waals surface area contributed by atoms with Gasteiger partial charge in [0, 0.05) is 43.3 Å². The highest BCUT2D eigenvalue weighted by Crippen LogP contribution is 2.30. The van der Waals surface area contributed by atoms with E-state index in [1.807, 2.05) is 6.07 Å². The second kappa shape index (κ2) is 10.1. The van der Waals surface area contributed by atoms with Crippen LogP contribution in [0.5, 0.6) is 5.88 Å². The summed E-state index contributed by atoms with van der Waals surface area (Å²) in [7, 11) is 2.95. The maximum atomic E-state index is 14.7. The first-order valence-electron chi connectivity index (χ1n) is 10.2. The van der Waals surface area contributed by atoms with Gasteiger partial charge in [0.25, 0.3) is 0 Å². The minimum Gasteiger partial charge on any atom is -0.481 e. The number of Topliss-reactive ketones (excluding diaryl/α,β-unsaturated/α-hetero) is 1. The van der Waals surface area contributed by atoms with Gasteiger partial charge in [0.2, 0.25) is 11.8 Å². The van der Waals surface area contributed by atoms with Gasteiger partial charge in [-0.15, -0.1) is 0 Å². The number of ketones is 1. The normalized spacial score (nSPS) is 10.7. The fraction of sp³-hybridized carbons (Fsp3) is 0.240. The molecule has 0 N–H and O–H groups in total. The highest BCUT2D eigenvalue weighted by atomic mass is 19.2. The Morgan fingerprint density at radius 3 is 2.31 bits per heavy atom. The molecule has 0 aliphatic heterocycles. The molecular formula is C25H24F2N2O3. The van der Waals surface area contributed by atoms with Gasteiger partial charge in [0.05, 0.1) is 12.8 Å². The summed E-state index contributed by atoms with van der Waals surface area (Å²) in [6, 6.07) is 12.8. The number of halogens is 2. The van der Waals surface area contributed by atoms with Crippen LogP contribution >= 0.6 is 0 Å². The van der Waals surface area contributed by atoms with Gasteiger partial charge >= 0.3 is 0 Å². The van der Waals surface area contributed by atoms with Crippen LogP contribution in [-0.4, -0.2) is 30.8 Å². The third-order valence-electron chi connectivity index (χ3n) is 5.27. The molecule has 32 heavy (non-hydrogen) atoms. The molecule has 0 radical (unpaired) electrons. The summed E-state index contributed by atoms with van der Waals surface area (Å²) in [5, 5.41) is 0. The van der Waals surface area contributed by atoms with Crippen LogP contribution < -0.4 is 9.64 Å². The number of carbonyl (C=O) groups excluding carboxylic acids is 2. The summed E-state index contributed by atoms with van der Waals surface area (Å²) < 4.78 is 34.3. The van der Waals surface area contributed by atoms with Gasteiger partial charge in [-0.2, -0.15) is 0 Å². The number of methoxy groups -OCH3 is 1. The number of amides is 1. The Hall–Kier alpha value is -3.61. The lowest BCUT2D eigenvalue weighted by Gasteiger charge is -2.18. The number of rotatable bonds is 8. The molecule has 3 rings (SSSR count). The zero-order valence-electron chi connectivity index (χ0n) is 18.2. The van der Waals surface area contributed by atoms with Crippen LogP contribution in [0.1, 0.15) is 35.7 Å². The predicted octanol–water partition coefficient (Wildman–Crippen LogP) is 5.22. The molecule has 0 aliphatic rings. The van der Waals surface area contributed by atoms with Crippen molar-refractivity contribution in [2.75, 3.05) is 19.1 Å². The van der Waals surface area contributed by atoms with E-state index in [4.69, 9.17) is 4.74 Å². The number of benzene rings is 2. The topological polar surface area (TPSA) is 59.5 Å². The van der Waals surface area contributed by atoms with Gasteiger partial charge in [-0.05, 0) is 29.7 Å². The number of aryl methyl sites for hydroxylation is 1. The van der Waals surface area contributed by atoms with E-state index in [1.165, 1.54) is 26.3 Å². The molecule has 0 spiro atoms. The molecule has 7 heteroatoms. The lowest BCUT2D eigenvalue weighted by atomic mass is 9.99. The molecule has 0 aliphatic carbocycles. The molecule has 1 amide bonds. The smallest absolute Gasteiger partial charge is 0.226 e. The van der Waals surface area contributed by atoms with Gasteiger partial charge in [-0.25, -0.2) is 13.8 Å². The first kappa shape index (κ1) is 23.1. The molecule has 166 valence electrons. The minimum atomic E-state index is -1.08. The van der Waals surface area contributed by atoms with Gasteiger partial charge < -0.3 is 9.64 Å². The molecule has 0 unspecified atom stereocenters. The van der Waals surface area contributed by atoms with E-state index in [2.05, 4.69) is 4.98 Å². The first-order valence-corrected chi connectivity index (χ1v) is 10.2. The van der Waals surface area contributed by atoms with Crippen molar-refractivity contribution in [1.29, 1.82) is 0 Å². The van der Waals surface area contributed by atoms with Crippen molar-refractivity contribution in [1.82, 2.24) is 4.98 Å². The highest BCUT2D eigenvalue weighted by Gasteiger charge is 2.20. The number of ether oxygens (including phenoxy) is 1. The number of anilines is 1. The average Bonchev–Trinajstić information content (AvgIpc) is 2.83. The fourth-order valence-electron chi connectivity index (χ4n) is 3.31. The highest BCUT2D eigenvalue weighted by molar-refractivity contribution is 5.96. The molecule has 0 atom stereocenters. The minimum absolute atomic E-state index is 0.0610. The summed E-state index contributed by atoms with van der Waals surface area (Å²) in [6.45, 7) is 1.65. The molecule has 2 aromatic carbocycles. The number of aromatic nitrogens is 1. The second-order valence-electron chi connectivity index (χ2n) is 7.28. The van der Waals surface area contributed by atoms with Gasteiger partial charge in [0.15, 0.2) is 17.4 Å². The van der Waals surface area contributed by atoms with E-state index in [9.17, 15) is 18.4 Å². The van der Waals surface area contributed by atoms with E-state index >= 15 is 0 Å². The second-order valence-corrected chi connectivity index (χ2v) is 7.28. The molecule has 1 aromatic heterocycles. The molecule has 3 aromatic rings. The Balaban J connectivity index is 1.72. The Kier molecular flexibility index (Phi) is 7.30. The molecule has 0 saturated heterocycles. The van der Waals surface area contributed by atoms with Crippen LogP contribution in [-0.2, 0) is 11.2 Å². The maximum absolute atomic E-state index is 14.7. The zero-order valence-corrected chi connectivity index (χ0v) is 18.2. The molecule has 0 fully saturated rings. The summed E-state index contributed by atoms with van der Waals surface area (Å²) in [5.74, 6) is -1.99. The van der Waals surface area contributed by atoms with Crippen LogP contribution in [0.3, 0.4) is 0 Å². The Bertz CT molecular complexity index is 1110. The number of carbonyl (C=O) groups is 2. The number of hydrogen-bond acceptors (Lipinski definition) is 4. The van der Waals surface area contributed by atoms with Crippen LogP contribution in [0.25, 0.3) is 11.1 Å². The summed E-state index contributed by atoms with van der Waals surface area (Å²) in [4.78, 5) is 29.5. The summed E-state index contributed by atoms with van der Waals surface area (Å²) in [5.41, 5.74) is 1.79. The molecule has 5 nitrogen and oxygen atoms in total. The number of hydrogen-bond donors (Lipinski definition) is 0. The molecule has 0 bridgehead atoms. The molecular weight excluding hydrogens is 414 g/mol. The van der Waals surface area contributed by atoms with Crippen molar-refractivity contribution in [3.63, 3.8) is 0 Å².